The van der Waals surface area contributed by atoms with Crippen molar-refractivity contribution in [3.63, 3.8) is 0 Å². The van der Waals surface area contributed by atoms with Crippen molar-refractivity contribution in [1.29, 1.82) is 0 Å². The second-order valence-corrected chi connectivity index (χ2v) is 4.71. The summed E-state index contributed by atoms with van der Waals surface area (Å²) in [5.74, 6) is 0.0489. The molecule has 12 heteroatoms. The molecular weight excluding hydrogens is 352 g/mol. The Morgan fingerprint density at radius 2 is 1.65 bits per heavy atom. The van der Waals surface area contributed by atoms with Gasteiger partial charge in [-0.15, -0.1) is 0 Å². The molecule has 2 rings (SSSR count). The predicted octanol–water partition coefficient (Wildman–Crippen LogP) is 1.04. The van der Waals surface area contributed by atoms with Gasteiger partial charge in [0.05, 0.1) is 48.6 Å². The summed E-state index contributed by atoms with van der Waals surface area (Å²) in [5.41, 5.74) is 0.105. The zero-order valence-electron chi connectivity index (χ0n) is 14.1. The summed E-state index contributed by atoms with van der Waals surface area (Å²) in [6.07, 6.45) is 2.25. The lowest BCUT2D eigenvalue weighted by atomic mass is 10.3. The molecule has 0 aliphatic rings. The minimum absolute atomic E-state index is 0.0365. The standard InChI is InChI=1S/2C7H8N2O4/c1-13-7-3-8-5(4-10)2-6(7)9(11)12;1-5-3-6(9(11)12)7(13-2)4-8(5)10/h2-3,10H,4H2,1H3;3-4H,1-2H3. The van der Waals surface area contributed by atoms with E-state index in [9.17, 15) is 25.4 Å². The molecular formula is C14H16N4O8. The molecule has 140 valence electrons. The molecule has 0 unspecified atom stereocenters. The Bertz CT molecular complexity index is 812. The molecule has 26 heavy (non-hydrogen) atoms. The van der Waals surface area contributed by atoms with Gasteiger partial charge in [-0.05, 0) is 0 Å². The van der Waals surface area contributed by atoms with Crippen molar-refractivity contribution in [3.05, 3.63) is 61.4 Å². The van der Waals surface area contributed by atoms with Crippen LogP contribution in [-0.2, 0) is 6.61 Å². The fourth-order valence-corrected chi connectivity index (χ4v) is 1.77. The molecule has 0 aliphatic carbocycles. The van der Waals surface area contributed by atoms with E-state index in [0.717, 1.165) is 6.20 Å². The fourth-order valence-electron chi connectivity index (χ4n) is 1.77. The van der Waals surface area contributed by atoms with Crippen LogP contribution in [-0.4, -0.2) is 34.2 Å². The van der Waals surface area contributed by atoms with Gasteiger partial charge < -0.3 is 19.8 Å². The van der Waals surface area contributed by atoms with Crippen LogP contribution in [0.1, 0.15) is 11.4 Å². The molecule has 0 aliphatic heterocycles. The molecule has 0 spiro atoms. The van der Waals surface area contributed by atoms with Crippen LogP contribution in [0.4, 0.5) is 11.4 Å². The van der Waals surface area contributed by atoms with E-state index in [1.165, 1.54) is 39.5 Å². The highest BCUT2D eigenvalue weighted by Crippen LogP contribution is 2.26. The van der Waals surface area contributed by atoms with Gasteiger partial charge in [-0.2, -0.15) is 4.73 Å². The van der Waals surface area contributed by atoms with E-state index >= 15 is 0 Å². The van der Waals surface area contributed by atoms with E-state index in [-0.39, 0.29) is 40.9 Å². The minimum atomic E-state index is -0.591. The molecule has 2 aromatic heterocycles. The van der Waals surface area contributed by atoms with Crippen LogP contribution in [0.3, 0.4) is 0 Å². The van der Waals surface area contributed by atoms with Gasteiger partial charge in [0.1, 0.15) is 0 Å². The number of aromatic nitrogens is 2. The van der Waals surface area contributed by atoms with Crippen LogP contribution in [0, 0.1) is 32.4 Å². The molecule has 0 saturated carbocycles. The van der Waals surface area contributed by atoms with Crippen molar-refractivity contribution in [3.8, 4) is 11.5 Å². The Kier molecular flexibility index (Phi) is 7.16. The van der Waals surface area contributed by atoms with E-state index in [2.05, 4.69) is 9.72 Å². The van der Waals surface area contributed by atoms with Crippen molar-refractivity contribution in [2.24, 2.45) is 0 Å². The highest BCUT2D eigenvalue weighted by atomic mass is 16.6. The van der Waals surface area contributed by atoms with Gasteiger partial charge in [0, 0.05) is 13.0 Å². The molecule has 2 heterocycles. The molecule has 0 amide bonds. The van der Waals surface area contributed by atoms with Gasteiger partial charge in [0.15, 0.2) is 5.69 Å². The summed E-state index contributed by atoms with van der Waals surface area (Å²) in [6.45, 7) is 1.16. The monoisotopic (exact) mass is 368 g/mol. The van der Waals surface area contributed by atoms with Gasteiger partial charge in [0.25, 0.3) is 5.75 Å². The SMILES string of the molecule is COc1c[n+]([O-])c(C)cc1[N+](=O)[O-].COc1cnc(CO)cc1[N+](=O)[O-]. The topological polar surface area (TPSA) is 165 Å². The minimum Gasteiger partial charge on any atom is -0.618 e. The molecule has 0 atom stereocenters. The normalized spacial score (nSPS) is 9.69. The van der Waals surface area contributed by atoms with Crippen LogP contribution in [0.5, 0.6) is 11.5 Å². The molecule has 0 fully saturated rings. The number of methoxy groups -OCH3 is 2. The van der Waals surface area contributed by atoms with Crippen LogP contribution >= 0.6 is 0 Å². The molecule has 0 aromatic carbocycles. The summed E-state index contributed by atoms with van der Waals surface area (Å²) in [6, 6.07) is 2.35. The molecule has 0 saturated heterocycles. The first-order valence-corrected chi connectivity index (χ1v) is 6.95. The van der Waals surface area contributed by atoms with Crippen molar-refractivity contribution in [2.45, 2.75) is 13.5 Å². The predicted molar refractivity (Wildman–Crippen MR) is 86.7 cm³/mol. The van der Waals surface area contributed by atoms with E-state index in [1.807, 2.05) is 0 Å². The van der Waals surface area contributed by atoms with E-state index in [0.29, 0.717) is 4.73 Å². The van der Waals surface area contributed by atoms with E-state index in [4.69, 9.17) is 9.84 Å². The highest BCUT2D eigenvalue weighted by Gasteiger charge is 2.20. The maximum Gasteiger partial charge on any atom is 0.323 e. The zero-order chi connectivity index (χ0) is 19.9. The van der Waals surface area contributed by atoms with E-state index in [1.54, 1.807) is 0 Å². The van der Waals surface area contributed by atoms with Gasteiger partial charge >= 0.3 is 11.4 Å². The van der Waals surface area contributed by atoms with Crippen molar-refractivity contribution < 1.29 is 29.2 Å². The summed E-state index contributed by atoms with van der Waals surface area (Å²) < 4.78 is 9.92. The Morgan fingerprint density at radius 1 is 1.12 bits per heavy atom. The van der Waals surface area contributed by atoms with E-state index < -0.39 is 9.85 Å². The van der Waals surface area contributed by atoms with Crippen LogP contribution in [0.2, 0.25) is 0 Å². The maximum absolute atomic E-state index is 11.0. The van der Waals surface area contributed by atoms with Crippen LogP contribution in [0.15, 0.2) is 24.5 Å². The maximum atomic E-state index is 11.0. The van der Waals surface area contributed by atoms with Crippen LogP contribution < -0.4 is 14.2 Å². The molecule has 0 radical (unpaired) electrons. The third-order valence-electron chi connectivity index (χ3n) is 3.08. The highest BCUT2D eigenvalue weighted by molar-refractivity contribution is 5.45. The Hall–Kier alpha value is -3.54. The summed E-state index contributed by atoms with van der Waals surface area (Å²) in [7, 11) is 2.60. The van der Waals surface area contributed by atoms with Gasteiger partial charge in [-0.3, -0.25) is 25.2 Å². The van der Waals surface area contributed by atoms with Gasteiger partial charge in [-0.1, -0.05) is 0 Å². The number of rotatable bonds is 5. The first kappa shape index (κ1) is 20.5. The summed E-state index contributed by atoms with van der Waals surface area (Å²) in [4.78, 5) is 23.5. The lowest BCUT2D eigenvalue weighted by Gasteiger charge is -2.03. The van der Waals surface area contributed by atoms with Gasteiger partial charge in [-0.25, -0.2) is 0 Å². The first-order valence-electron chi connectivity index (χ1n) is 6.95. The molecule has 0 bridgehead atoms. The fraction of sp³-hybridized carbons (Fsp3) is 0.286. The zero-order valence-corrected chi connectivity index (χ0v) is 14.1. The number of nitro groups is 2. The number of hydrogen-bond donors (Lipinski definition) is 1. The van der Waals surface area contributed by atoms with Crippen molar-refractivity contribution in [2.75, 3.05) is 14.2 Å². The number of aliphatic hydroxyl groups excluding tert-OH is 1. The largest absolute Gasteiger partial charge is 0.618 e. The Balaban J connectivity index is 0.000000260. The first-order chi connectivity index (χ1) is 12.2. The third-order valence-corrected chi connectivity index (χ3v) is 3.08. The summed E-state index contributed by atoms with van der Waals surface area (Å²) in [5, 5.41) is 40.6. The van der Waals surface area contributed by atoms with Crippen LogP contribution in [0.25, 0.3) is 0 Å². The lowest BCUT2D eigenvalue weighted by molar-refractivity contribution is -0.613. The Labute approximate surface area is 147 Å². The quantitative estimate of drug-likeness (QED) is 0.351. The average Bonchev–Trinajstić information content (AvgIpc) is 2.63. The second-order valence-electron chi connectivity index (χ2n) is 4.71. The lowest BCUT2D eigenvalue weighted by Crippen LogP contribution is -2.29. The smallest absolute Gasteiger partial charge is 0.323 e. The summed E-state index contributed by atoms with van der Waals surface area (Å²) >= 11 is 0. The average molecular weight is 368 g/mol. The number of aliphatic hydroxyl groups is 1. The number of ether oxygens (including phenoxy) is 2. The molecule has 12 nitrogen and oxygen atoms in total. The third kappa shape index (κ3) is 4.98. The number of aryl methyl sites for hydroxylation is 1. The second kappa shape index (κ2) is 9.08. The number of hydrogen-bond acceptors (Lipinski definition) is 9. The number of nitrogens with zero attached hydrogens (tertiary/aromatic N) is 4. The van der Waals surface area contributed by atoms with Crippen molar-refractivity contribution >= 4 is 11.4 Å². The molecule has 1 N–H and O–H groups in total. The number of pyridine rings is 2. The van der Waals surface area contributed by atoms with Gasteiger partial charge in [0.2, 0.25) is 11.9 Å². The Morgan fingerprint density at radius 3 is 2.12 bits per heavy atom. The molecule has 2 aromatic rings. The van der Waals surface area contributed by atoms with Crippen molar-refractivity contribution in [1.82, 2.24) is 4.98 Å².